The maximum atomic E-state index is 4.33. The highest BCUT2D eigenvalue weighted by Gasteiger charge is 2.03. The van der Waals surface area contributed by atoms with Gasteiger partial charge >= 0.3 is 0 Å². The van der Waals surface area contributed by atoms with Gasteiger partial charge in [-0.25, -0.2) is 4.98 Å². The Bertz CT molecular complexity index is 521. The van der Waals surface area contributed by atoms with Crippen molar-refractivity contribution in [3.8, 4) is 0 Å². The molecule has 0 aliphatic heterocycles. The minimum absolute atomic E-state index is 0.791. The number of nitrogens with zero attached hydrogens (tertiary/aromatic N) is 1. The lowest BCUT2D eigenvalue weighted by molar-refractivity contribution is 1.08. The van der Waals surface area contributed by atoms with E-state index in [4.69, 9.17) is 0 Å². The van der Waals surface area contributed by atoms with Crippen LogP contribution in [0.25, 0.3) is 0 Å². The van der Waals surface area contributed by atoms with Crippen molar-refractivity contribution in [2.24, 2.45) is 0 Å². The molecule has 1 N–H and O–H groups in total. The summed E-state index contributed by atoms with van der Waals surface area (Å²) < 4.78 is 1.04. The van der Waals surface area contributed by atoms with Crippen LogP contribution in [-0.2, 0) is 13.0 Å². The van der Waals surface area contributed by atoms with Gasteiger partial charge in [0.05, 0.1) is 4.47 Å². The van der Waals surface area contributed by atoms with Gasteiger partial charge in [-0.15, -0.1) is 0 Å². The lowest BCUT2D eigenvalue weighted by atomic mass is 10.1. The Labute approximate surface area is 117 Å². The molecule has 0 saturated heterocycles. The van der Waals surface area contributed by atoms with Crippen LogP contribution in [0, 0.1) is 6.92 Å². The maximum absolute atomic E-state index is 4.33. The summed E-state index contributed by atoms with van der Waals surface area (Å²) in [7, 11) is 0. The zero-order valence-electron chi connectivity index (χ0n) is 10.7. The van der Waals surface area contributed by atoms with E-state index in [2.05, 4.69) is 64.3 Å². The Morgan fingerprint density at radius 3 is 2.44 bits per heavy atom. The zero-order chi connectivity index (χ0) is 13.0. The molecule has 2 rings (SSSR count). The topological polar surface area (TPSA) is 24.9 Å². The molecule has 94 valence electrons. The molecule has 1 aromatic heterocycles. The van der Waals surface area contributed by atoms with Crippen LogP contribution >= 0.6 is 15.9 Å². The van der Waals surface area contributed by atoms with Crippen molar-refractivity contribution in [3.63, 3.8) is 0 Å². The number of hydrogen-bond donors (Lipinski definition) is 1. The summed E-state index contributed by atoms with van der Waals surface area (Å²) in [5.74, 6) is 0.898. The molecular weight excluding hydrogens is 288 g/mol. The quantitative estimate of drug-likeness (QED) is 0.909. The van der Waals surface area contributed by atoms with Gasteiger partial charge in [0, 0.05) is 12.7 Å². The van der Waals surface area contributed by atoms with E-state index in [-0.39, 0.29) is 0 Å². The standard InChI is InChI=1S/C15H17BrN2/c1-3-12-4-6-13(7-5-12)10-18-15-14(16)11(2)8-9-17-15/h4-9H,3,10H2,1-2H3,(H,17,18). The van der Waals surface area contributed by atoms with Crippen LogP contribution < -0.4 is 5.32 Å². The second-order valence-electron chi connectivity index (χ2n) is 4.31. The van der Waals surface area contributed by atoms with Crippen LogP contribution in [0.1, 0.15) is 23.6 Å². The van der Waals surface area contributed by atoms with Crippen molar-refractivity contribution in [2.45, 2.75) is 26.8 Å². The van der Waals surface area contributed by atoms with Crippen molar-refractivity contribution < 1.29 is 0 Å². The minimum atomic E-state index is 0.791. The van der Waals surface area contributed by atoms with E-state index in [9.17, 15) is 0 Å². The predicted molar refractivity (Wildman–Crippen MR) is 79.8 cm³/mol. The second kappa shape index (κ2) is 6.01. The van der Waals surface area contributed by atoms with E-state index in [1.54, 1.807) is 0 Å². The molecule has 0 radical (unpaired) electrons. The van der Waals surface area contributed by atoms with E-state index in [0.717, 1.165) is 23.3 Å². The molecule has 2 aromatic rings. The fraction of sp³-hybridized carbons (Fsp3) is 0.267. The largest absolute Gasteiger partial charge is 0.365 e. The Morgan fingerprint density at radius 2 is 1.78 bits per heavy atom. The monoisotopic (exact) mass is 304 g/mol. The summed E-state index contributed by atoms with van der Waals surface area (Å²) in [5.41, 5.74) is 3.82. The smallest absolute Gasteiger partial charge is 0.140 e. The van der Waals surface area contributed by atoms with Crippen molar-refractivity contribution >= 4 is 21.7 Å². The van der Waals surface area contributed by atoms with Crippen LogP contribution in [0.4, 0.5) is 5.82 Å². The SMILES string of the molecule is CCc1ccc(CNc2nccc(C)c2Br)cc1. The van der Waals surface area contributed by atoms with Crippen LogP contribution in [0.2, 0.25) is 0 Å². The normalized spacial score (nSPS) is 10.4. The number of anilines is 1. The summed E-state index contributed by atoms with van der Waals surface area (Å²) in [5, 5.41) is 3.35. The average Bonchev–Trinajstić information content (AvgIpc) is 2.41. The third-order valence-corrected chi connectivity index (χ3v) is 3.97. The number of pyridine rings is 1. The van der Waals surface area contributed by atoms with Gasteiger partial charge in [-0.1, -0.05) is 31.2 Å². The third kappa shape index (κ3) is 3.10. The van der Waals surface area contributed by atoms with Crippen LogP contribution in [0.3, 0.4) is 0 Å². The first kappa shape index (κ1) is 13.1. The Balaban J connectivity index is 2.04. The first-order valence-electron chi connectivity index (χ1n) is 6.13. The molecule has 0 fully saturated rings. The summed E-state index contributed by atoms with van der Waals surface area (Å²) >= 11 is 3.55. The van der Waals surface area contributed by atoms with Crippen LogP contribution in [0.15, 0.2) is 41.0 Å². The molecule has 0 spiro atoms. The zero-order valence-corrected chi connectivity index (χ0v) is 12.3. The first-order chi connectivity index (χ1) is 8.70. The Kier molecular flexibility index (Phi) is 4.37. The van der Waals surface area contributed by atoms with Gasteiger partial charge < -0.3 is 5.32 Å². The highest BCUT2D eigenvalue weighted by Crippen LogP contribution is 2.23. The second-order valence-corrected chi connectivity index (χ2v) is 5.11. The number of nitrogens with one attached hydrogen (secondary N) is 1. The van der Waals surface area contributed by atoms with Gasteiger partial charge in [0.15, 0.2) is 0 Å². The molecule has 1 heterocycles. The van der Waals surface area contributed by atoms with Gasteiger partial charge in [-0.2, -0.15) is 0 Å². The maximum Gasteiger partial charge on any atom is 0.140 e. The molecule has 0 unspecified atom stereocenters. The average molecular weight is 305 g/mol. The van der Waals surface area contributed by atoms with Gasteiger partial charge in [0.1, 0.15) is 5.82 Å². The van der Waals surface area contributed by atoms with E-state index in [0.29, 0.717) is 0 Å². The summed E-state index contributed by atoms with van der Waals surface area (Å²) in [6.07, 6.45) is 2.90. The summed E-state index contributed by atoms with van der Waals surface area (Å²) in [6, 6.07) is 10.7. The van der Waals surface area contributed by atoms with E-state index in [1.165, 1.54) is 16.7 Å². The molecule has 0 aliphatic carbocycles. The van der Waals surface area contributed by atoms with E-state index >= 15 is 0 Å². The molecular formula is C15H17BrN2. The minimum Gasteiger partial charge on any atom is -0.365 e. The van der Waals surface area contributed by atoms with Crippen LogP contribution in [0.5, 0.6) is 0 Å². The number of benzene rings is 1. The molecule has 0 bridgehead atoms. The van der Waals surface area contributed by atoms with Crippen molar-refractivity contribution in [3.05, 3.63) is 57.7 Å². The highest BCUT2D eigenvalue weighted by molar-refractivity contribution is 9.10. The fourth-order valence-electron chi connectivity index (χ4n) is 1.74. The number of aryl methyl sites for hydroxylation is 2. The molecule has 0 aliphatic rings. The van der Waals surface area contributed by atoms with Crippen molar-refractivity contribution in [1.29, 1.82) is 0 Å². The van der Waals surface area contributed by atoms with Crippen molar-refractivity contribution in [1.82, 2.24) is 4.98 Å². The van der Waals surface area contributed by atoms with Crippen molar-refractivity contribution in [2.75, 3.05) is 5.32 Å². The number of hydrogen-bond acceptors (Lipinski definition) is 2. The molecule has 0 saturated carbocycles. The molecule has 18 heavy (non-hydrogen) atoms. The van der Waals surface area contributed by atoms with Gasteiger partial charge in [0.2, 0.25) is 0 Å². The van der Waals surface area contributed by atoms with E-state index in [1.807, 2.05) is 12.3 Å². The van der Waals surface area contributed by atoms with Gasteiger partial charge in [-0.3, -0.25) is 0 Å². The molecule has 1 aromatic carbocycles. The third-order valence-electron chi connectivity index (χ3n) is 2.97. The lowest BCUT2D eigenvalue weighted by Gasteiger charge is -2.09. The molecule has 0 amide bonds. The molecule has 2 nitrogen and oxygen atoms in total. The Hall–Kier alpha value is -1.35. The first-order valence-corrected chi connectivity index (χ1v) is 6.92. The number of halogens is 1. The van der Waals surface area contributed by atoms with Gasteiger partial charge in [0.25, 0.3) is 0 Å². The fourth-order valence-corrected chi connectivity index (χ4v) is 2.12. The number of aromatic nitrogens is 1. The summed E-state index contributed by atoms with van der Waals surface area (Å²) in [4.78, 5) is 4.33. The summed E-state index contributed by atoms with van der Waals surface area (Å²) in [6.45, 7) is 5.02. The Morgan fingerprint density at radius 1 is 1.11 bits per heavy atom. The lowest BCUT2D eigenvalue weighted by Crippen LogP contribution is -2.02. The molecule has 3 heteroatoms. The number of rotatable bonds is 4. The van der Waals surface area contributed by atoms with E-state index < -0.39 is 0 Å². The van der Waals surface area contributed by atoms with Gasteiger partial charge in [-0.05, 0) is 52.0 Å². The predicted octanol–water partition coefficient (Wildman–Crippen LogP) is 4.33. The van der Waals surface area contributed by atoms with Crippen LogP contribution in [-0.4, -0.2) is 4.98 Å². The highest BCUT2D eigenvalue weighted by atomic mass is 79.9. The molecule has 0 atom stereocenters.